The van der Waals surface area contributed by atoms with E-state index in [9.17, 15) is 23.9 Å². The summed E-state index contributed by atoms with van der Waals surface area (Å²) >= 11 is 0. The molecule has 2 aromatic carbocycles. The van der Waals surface area contributed by atoms with Crippen molar-refractivity contribution in [1.29, 1.82) is 0 Å². The number of carbonyl (C=O) groups is 3. The number of primary amides is 1. The van der Waals surface area contributed by atoms with Gasteiger partial charge in [-0.25, -0.2) is 9.18 Å². The number of rotatable bonds is 6. The molecule has 3 rings (SSSR count). The average Bonchev–Trinajstić information content (AvgIpc) is 2.99. The maximum absolute atomic E-state index is 13.2. The van der Waals surface area contributed by atoms with Crippen molar-refractivity contribution >= 4 is 28.6 Å². The molecule has 0 aliphatic carbocycles. The molecule has 1 atom stereocenters. The second-order valence-corrected chi connectivity index (χ2v) is 6.53. The van der Waals surface area contributed by atoms with Crippen LogP contribution < -0.4 is 5.73 Å². The molecule has 7 nitrogen and oxygen atoms in total. The van der Waals surface area contributed by atoms with Crippen molar-refractivity contribution in [2.24, 2.45) is 5.73 Å². The Morgan fingerprint density at radius 3 is 2.41 bits per heavy atom. The Kier molecular flexibility index (Phi) is 5.47. The molecule has 150 valence electrons. The number of aliphatic hydroxyl groups is 1. The highest BCUT2D eigenvalue weighted by Crippen LogP contribution is 2.33. The zero-order valence-electron chi connectivity index (χ0n) is 15.8. The molecule has 0 aliphatic rings. The number of benzene rings is 2. The number of methoxy groups -OCH3 is 1. The van der Waals surface area contributed by atoms with Gasteiger partial charge in [0.05, 0.1) is 12.7 Å². The van der Waals surface area contributed by atoms with Crippen LogP contribution in [-0.2, 0) is 20.9 Å². The summed E-state index contributed by atoms with van der Waals surface area (Å²) in [7, 11) is 1.13. The molecule has 0 aliphatic heterocycles. The molecule has 0 bridgehead atoms. The smallest absolute Gasteiger partial charge is 0.339 e. The van der Waals surface area contributed by atoms with Crippen molar-refractivity contribution in [2.45, 2.75) is 19.6 Å². The second kappa shape index (κ2) is 7.84. The van der Waals surface area contributed by atoms with Crippen molar-refractivity contribution < 1.29 is 28.6 Å². The van der Waals surface area contributed by atoms with Crippen molar-refractivity contribution in [1.82, 2.24) is 4.57 Å². The lowest BCUT2D eigenvalue weighted by molar-refractivity contribution is -0.150. The molecular formula is C21H19FN2O5. The van der Waals surface area contributed by atoms with E-state index in [-0.39, 0.29) is 28.9 Å². The first-order chi connectivity index (χ1) is 13.8. The van der Waals surface area contributed by atoms with E-state index in [1.807, 2.05) is 0 Å². The number of esters is 1. The lowest BCUT2D eigenvalue weighted by Gasteiger charge is -2.12. The lowest BCUT2D eigenvalue weighted by atomic mass is 9.98. The normalized spacial score (nSPS) is 12.0. The monoisotopic (exact) mass is 398 g/mol. The van der Waals surface area contributed by atoms with Crippen LogP contribution in [0.25, 0.3) is 10.9 Å². The third-order valence-corrected chi connectivity index (χ3v) is 4.81. The number of ether oxygens (including phenoxy) is 1. The summed E-state index contributed by atoms with van der Waals surface area (Å²) in [5.41, 5.74) is 7.05. The fraction of sp³-hybridized carbons (Fsp3) is 0.190. The number of aliphatic hydroxyl groups excluding tert-OH is 1. The van der Waals surface area contributed by atoms with Crippen LogP contribution >= 0.6 is 0 Å². The summed E-state index contributed by atoms with van der Waals surface area (Å²) in [6, 6.07) is 10.6. The first kappa shape index (κ1) is 20.2. The topological polar surface area (TPSA) is 112 Å². The highest BCUT2D eigenvalue weighted by molar-refractivity contribution is 6.45. The predicted molar refractivity (Wildman–Crippen MR) is 103 cm³/mol. The minimum atomic E-state index is -1.65. The van der Waals surface area contributed by atoms with Gasteiger partial charge in [-0.05, 0) is 30.7 Å². The van der Waals surface area contributed by atoms with Crippen LogP contribution in [0.3, 0.4) is 0 Å². The van der Waals surface area contributed by atoms with E-state index in [1.54, 1.807) is 35.8 Å². The van der Waals surface area contributed by atoms with Gasteiger partial charge < -0.3 is 20.1 Å². The Morgan fingerprint density at radius 2 is 1.83 bits per heavy atom. The van der Waals surface area contributed by atoms with Gasteiger partial charge in [-0.3, -0.25) is 9.59 Å². The van der Waals surface area contributed by atoms with Crippen LogP contribution in [0.4, 0.5) is 4.39 Å². The number of hydrogen-bond acceptors (Lipinski definition) is 5. The van der Waals surface area contributed by atoms with Gasteiger partial charge in [0.1, 0.15) is 5.82 Å². The first-order valence-electron chi connectivity index (χ1n) is 8.72. The van der Waals surface area contributed by atoms with Crippen molar-refractivity contribution in [3.8, 4) is 0 Å². The summed E-state index contributed by atoms with van der Waals surface area (Å²) in [4.78, 5) is 36.1. The Balaban J connectivity index is 2.29. The second-order valence-electron chi connectivity index (χ2n) is 6.53. The van der Waals surface area contributed by atoms with Crippen molar-refractivity contribution in [2.75, 3.05) is 7.11 Å². The Morgan fingerprint density at radius 1 is 1.17 bits per heavy atom. The number of nitrogens with two attached hydrogens (primary N) is 1. The van der Waals surface area contributed by atoms with Crippen molar-refractivity contribution in [3.63, 3.8) is 0 Å². The minimum absolute atomic E-state index is 0.00756. The molecule has 0 saturated heterocycles. The van der Waals surface area contributed by atoms with E-state index in [0.29, 0.717) is 11.2 Å². The molecule has 3 N–H and O–H groups in total. The van der Waals surface area contributed by atoms with E-state index in [2.05, 4.69) is 4.74 Å². The van der Waals surface area contributed by atoms with E-state index >= 15 is 0 Å². The Hall–Kier alpha value is -3.52. The summed E-state index contributed by atoms with van der Waals surface area (Å²) in [5.74, 6) is -3.37. The van der Waals surface area contributed by atoms with Crippen LogP contribution in [0.1, 0.15) is 33.3 Å². The summed E-state index contributed by atoms with van der Waals surface area (Å²) in [5, 5.41) is 10.6. The fourth-order valence-corrected chi connectivity index (χ4v) is 3.39. The maximum Gasteiger partial charge on any atom is 0.339 e. The molecule has 1 aromatic heterocycles. The molecular weight excluding hydrogens is 379 g/mol. The van der Waals surface area contributed by atoms with E-state index in [4.69, 9.17) is 5.73 Å². The van der Waals surface area contributed by atoms with Gasteiger partial charge in [-0.15, -0.1) is 0 Å². The molecule has 3 aromatic rings. The highest BCUT2D eigenvalue weighted by Gasteiger charge is 2.29. The fourth-order valence-electron chi connectivity index (χ4n) is 3.39. The molecule has 1 unspecified atom stereocenters. The summed E-state index contributed by atoms with van der Waals surface area (Å²) in [6.07, 6.45) is -1.65. The van der Waals surface area contributed by atoms with Gasteiger partial charge in [0.2, 0.25) is 0 Å². The average molecular weight is 398 g/mol. The third-order valence-electron chi connectivity index (χ3n) is 4.81. The van der Waals surface area contributed by atoms with Crippen molar-refractivity contribution in [3.05, 3.63) is 70.7 Å². The Labute approximate surface area is 165 Å². The Bertz CT molecular complexity index is 1120. The van der Waals surface area contributed by atoms with E-state index in [1.165, 1.54) is 18.2 Å². The van der Waals surface area contributed by atoms with Crippen LogP contribution in [0.2, 0.25) is 0 Å². The van der Waals surface area contributed by atoms with Crippen LogP contribution in [0.15, 0.2) is 42.5 Å². The molecule has 0 saturated carbocycles. The van der Waals surface area contributed by atoms with Crippen LogP contribution in [-0.4, -0.2) is 34.4 Å². The SMILES string of the molecule is COC(=O)C(O)c1cccc2c1c(C(=O)C(N)=O)c(C)n2Cc1ccc(F)cc1. The number of halogens is 1. The number of Topliss-reactive ketones (excluding diaryl/α,β-unsaturated/α-hetero) is 1. The number of hydrogen-bond donors (Lipinski definition) is 2. The molecule has 8 heteroatoms. The standard InChI is InChI=1S/C21H19FN2O5/c1-11-16(19(26)20(23)27)17-14(18(25)21(28)29-2)4-3-5-15(17)24(11)10-12-6-8-13(22)9-7-12/h3-9,18,25H,10H2,1-2H3,(H2,23,27). The number of fused-ring (bicyclic) bond motifs is 1. The molecule has 1 heterocycles. The number of ketones is 1. The minimum Gasteiger partial charge on any atom is -0.467 e. The molecule has 29 heavy (non-hydrogen) atoms. The highest BCUT2D eigenvalue weighted by atomic mass is 19.1. The maximum atomic E-state index is 13.2. The quantitative estimate of drug-likeness (QED) is 0.375. The summed E-state index contributed by atoms with van der Waals surface area (Å²) in [6.45, 7) is 1.90. The molecule has 0 spiro atoms. The van der Waals surface area contributed by atoms with Gasteiger partial charge in [0.15, 0.2) is 6.10 Å². The number of amides is 1. The summed E-state index contributed by atoms with van der Waals surface area (Å²) < 4.78 is 19.6. The largest absolute Gasteiger partial charge is 0.467 e. The number of carbonyl (C=O) groups excluding carboxylic acids is 3. The first-order valence-corrected chi connectivity index (χ1v) is 8.72. The lowest BCUT2D eigenvalue weighted by Crippen LogP contribution is -2.24. The molecule has 1 amide bonds. The number of nitrogens with zero attached hydrogens (tertiary/aromatic N) is 1. The zero-order chi connectivity index (χ0) is 21.3. The van der Waals surface area contributed by atoms with Gasteiger partial charge in [-0.1, -0.05) is 24.3 Å². The number of aromatic nitrogens is 1. The van der Waals surface area contributed by atoms with E-state index < -0.39 is 23.8 Å². The van der Waals surface area contributed by atoms with Crippen LogP contribution in [0.5, 0.6) is 0 Å². The molecule has 0 radical (unpaired) electrons. The van der Waals surface area contributed by atoms with E-state index in [0.717, 1.165) is 12.7 Å². The van der Waals surface area contributed by atoms with Gasteiger partial charge in [-0.2, -0.15) is 0 Å². The molecule has 0 fully saturated rings. The van der Waals surface area contributed by atoms with Gasteiger partial charge in [0, 0.05) is 28.7 Å². The third kappa shape index (κ3) is 3.62. The zero-order valence-corrected chi connectivity index (χ0v) is 15.8. The predicted octanol–water partition coefficient (Wildman–Crippen LogP) is 2.01. The van der Waals surface area contributed by atoms with Gasteiger partial charge in [0.25, 0.3) is 11.7 Å². The van der Waals surface area contributed by atoms with Gasteiger partial charge >= 0.3 is 5.97 Å². The van der Waals surface area contributed by atoms with Crippen LogP contribution in [0, 0.1) is 12.7 Å².